The smallest absolute Gasteiger partial charge is 0.337 e. The number of hydrogen-bond donors (Lipinski definition) is 3. The number of carbonyl (C=O) groups is 1. The minimum Gasteiger partial charge on any atom is -0.478 e. The van der Waals surface area contributed by atoms with E-state index in [4.69, 9.17) is 10.2 Å². The van der Waals surface area contributed by atoms with Crippen molar-refractivity contribution < 1.29 is 15.0 Å². The van der Waals surface area contributed by atoms with Gasteiger partial charge < -0.3 is 15.2 Å². The zero-order chi connectivity index (χ0) is 10.1. The van der Waals surface area contributed by atoms with Crippen molar-refractivity contribution in [1.82, 2.24) is 9.97 Å². The largest absolute Gasteiger partial charge is 0.478 e. The van der Waals surface area contributed by atoms with Crippen LogP contribution in [0.15, 0.2) is 18.2 Å². The number of aromatic nitrogens is 2. The van der Waals surface area contributed by atoms with Gasteiger partial charge in [0.15, 0.2) is 0 Å². The predicted molar refractivity (Wildman–Crippen MR) is 49.0 cm³/mol. The van der Waals surface area contributed by atoms with Crippen LogP contribution in [0.3, 0.4) is 0 Å². The number of fused-ring (bicyclic) bond motifs is 1. The molecule has 2 aromatic rings. The molecule has 0 fully saturated rings. The van der Waals surface area contributed by atoms with Crippen LogP contribution in [0, 0.1) is 0 Å². The summed E-state index contributed by atoms with van der Waals surface area (Å²) in [5, 5.41) is 17.7. The Balaban J connectivity index is 2.73. The van der Waals surface area contributed by atoms with Gasteiger partial charge in [0.2, 0.25) is 0 Å². The zero-order valence-electron chi connectivity index (χ0n) is 7.19. The first-order valence-electron chi connectivity index (χ1n) is 4.04. The first-order chi connectivity index (χ1) is 6.72. The van der Waals surface area contributed by atoms with Gasteiger partial charge in [-0.1, -0.05) is 6.07 Å². The molecule has 0 aliphatic heterocycles. The quantitative estimate of drug-likeness (QED) is 0.655. The van der Waals surface area contributed by atoms with Gasteiger partial charge in [-0.05, 0) is 12.1 Å². The molecule has 72 valence electrons. The summed E-state index contributed by atoms with van der Waals surface area (Å²) in [5.74, 6) is -0.641. The van der Waals surface area contributed by atoms with E-state index in [0.29, 0.717) is 16.9 Å². The number of nitrogens with zero attached hydrogens (tertiary/aromatic N) is 1. The summed E-state index contributed by atoms with van der Waals surface area (Å²) in [5.41, 5.74) is 1.16. The van der Waals surface area contributed by atoms with Crippen LogP contribution in [0.4, 0.5) is 0 Å². The summed E-state index contributed by atoms with van der Waals surface area (Å²) in [6, 6.07) is 4.80. The topological polar surface area (TPSA) is 86.2 Å². The van der Waals surface area contributed by atoms with Gasteiger partial charge in [-0.3, -0.25) is 0 Å². The van der Waals surface area contributed by atoms with Crippen LogP contribution in [0.1, 0.15) is 16.2 Å². The predicted octanol–water partition coefficient (Wildman–Crippen LogP) is 0.753. The van der Waals surface area contributed by atoms with Crippen LogP contribution in [-0.2, 0) is 6.61 Å². The number of aliphatic hydroxyl groups excluding tert-OH is 1. The van der Waals surface area contributed by atoms with Gasteiger partial charge in [0, 0.05) is 0 Å². The fourth-order valence-corrected chi connectivity index (χ4v) is 1.34. The van der Waals surface area contributed by atoms with E-state index in [2.05, 4.69) is 9.97 Å². The second-order valence-electron chi connectivity index (χ2n) is 2.85. The van der Waals surface area contributed by atoms with E-state index in [1.807, 2.05) is 0 Å². The van der Waals surface area contributed by atoms with Crippen molar-refractivity contribution >= 4 is 17.0 Å². The number of hydrogen-bond acceptors (Lipinski definition) is 3. The Morgan fingerprint density at radius 3 is 2.93 bits per heavy atom. The average Bonchev–Trinajstić information content (AvgIpc) is 2.59. The molecule has 5 nitrogen and oxygen atoms in total. The molecule has 0 aliphatic carbocycles. The van der Waals surface area contributed by atoms with Crippen LogP contribution in [0.5, 0.6) is 0 Å². The highest BCUT2D eigenvalue weighted by Gasteiger charge is 2.11. The number of rotatable bonds is 2. The van der Waals surface area contributed by atoms with Gasteiger partial charge >= 0.3 is 5.97 Å². The number of aromatic amines is 1. The maximum atomic E-state index is 10.8. The lowest BCUT2D eigenvalue weighted by Crippen LogP contribution is -1.96. The molecule has 0 unspecified atom stereocenters. The number of aliphatic hydroxyl groups is 1. The molecule has 1 heterocycles. The van der Waals surface area contributed by atoms with E-state index >= 15 is 0 Å². The van der Waals surface area contributed by atoms with Gasteiger partial charge in [0.05, 0.1) is 16.6 Å². The van der Waals surface area contributed by atoms with Gasteiger partial charge in [-0.15, -0.1) is 0 Å². The van der Waals surface area contributed by atoms with Crippen molar-refractivity contribution in [3.05, 3.63) is 29.6 Å². The number of H-pyrrole nitrogens is 1. The van der Waals surface area contributed by atoms with Crippen LogP contribution in [0.25, 0.3) is 11.0 Å². The molecule has 0 saturated heterocycles. The van der Waals surface area contributed by atoms with Crippen molar-refractivity contribution in [2.75, 3.05) is 0 Å². The Morgan fingerprint density at radius 1 is 1.50 bits per heavy atom. The minimum absolute atomic E-state index is 0.162. The lowest BCUT2D eigenvalue weighted by molar-refractivity contribution is 0.0699. The minimum atomic E-state index is -1.01. The normalized spacial score (nSPS) is 10.6. The molecule has 1 aromatic carbocycles. The third kappa shape index (κ3) is 1.23. The first-order valence-corrected chi connectivity index (χ1v) is 4.04. The molecule has 0 amide bonds. The molecule has 0 atom stereocenters. The van der Waals surface area contributed by atoms with E-state index in [-0.39, 0.29) is 12.2 Å². The summed E-state index contributed by atoms with van der Waals surface area (Å²) >= 11 is 0. The SMILES string of the molecule is O=C(O)c1cccc2nc(CO)[nH]c12. The molecular weight excluding hydrogens is 184 g/mol. The summed E-state index contributed by atoms with van der Waals surface area (Å²) in [6.07, 6.45) is 0. The highest BCUT2D eigenvalue weighted by molar-refractivity contribution is 6.00. The molecule has 0 saturated carbocycles. The molecule has 0 aliphatic rings. The standard InChI is InChI=1S/C9H8N2O3/c12-4-7-10-6-3-1-2-5(9(13)14)8(6)11-7/h1-3,12H,4H2,(H,10,11)(H,13,14). The van der Waals surface area contributed by atoms with E-state index in [1.165, 1.54) is 6.07 Å². The Kier molecular flexibility index (Phi) is 1.94. The van der Waals surface area contributed by atoms with Crippen molar-refractivity contribution in [3.8, 4) is 0 Å². The number of imidazole rings is 1. The van der Waals surface area contributed by atoms with Gasteiger partial charge in [0.25, 0.3) is 0 Å². The van der Waals surface area contributed by atoms with Crippen LogP contribution >= 0.6 is 0 Å². The highest BCUT2D eigenvalue weighted by atomic mass is 16.4. The van der Waals surface area contributed by atoms with Crippen LogP contribution in [0.2, 0.25) is 0 Å². The molecule has 3 N–H and O–H groups in total. The molecule has 0 radical (unpaired) electrons. The van der Waals surface area contributed by atoms with Crippen molar-refractivity contribution in [2.24, 2.45) is 0 Å². The van der Waals surface area contributed by atoms with E-state index in [0.717, 1.165) is 0 Å². The second kappa shape index (κ2) is 3.12. The molecule has 1 aromatic heterocycles. The van der Waals surface area contributed by atoms with Crippen LogP contribution in [-0.4, -0.2) is 26.2 Å². The number of benzene rings is 1. The molecule has 5 heteroatoms. The average molecular weight is 192 g/mol. The summed E-state index contributed by atoms with van der Waals surface area (Å²) in [7, 11) is 0. The number of carboxylic acid groups (broad SMARTS) is 1. The molecule has 2 rings (SSSR count). The van der Waals surface area contributed by atoms with Crippen molar-refractivity contribution in [1.29, 1.82) is 0 Å². The monoisotopic (exact) mass is 192 g/mol. The molecule has 0 bridgehead atoms. The Morgan fingerprint density at radius 2 is 2.29 bits per heavy atom. The third-order valence-electron chi connectivity index (χ3n) is 1.95. The Hall–Kier alpha value is -1.88. The van der Waals surface area contributed by atoms with E-state index in [9.17, 15) is 4.79 Å². The fourth-order valence-electron chi connectivity index (χ4n) is 1.34. The van der Waals surface area contributed by atoms with Crippen LogP contribution < -0.4 is 0 Å². The third-order valence-corrected chi connectivity index (χ3v) is 1.95. The maximum Gasteiger partial charge on any atom is 0.337 e. The first kappa shape index (κ1) is 8.71. The number of aromatic carboxylic acids is 1. The highest BCUT2D eigenvalue weighted by Crippen LogP contribution is 2.16. The summed E-state index contributed by atoms with van der Waals surface area (Å²) in [4.78, 5) is 17.6. The molecule has 0 spiro atoms. The van der Waals surface area contributed by atoms with E-state index in [1.54, 1.807) is 12.1 Å². The van der Waals surface area contributed by atoms with Gasteiger partial charge in [-0.25, -0.2) is 9.78 Å². The van der Waals surface area contributed by atoms with Crippen molar-refractivity contribution in [3.63, 3.8) is 0 Å². The Labute approximate surface area is 79.0 Å². The fraction of sp³-hybridized carbons (Fsp3) is 0.111. The molecular formula is C9H8N2O3. The Bertz CT molecular complexity index is 490. The number of carboxylic acids is 1. The zero-order valence-corrected chi connectivity index (χ0v) is 7.19. The summed E-state index contributed by atoms with van der Waals surface area (Å²) in [6.45, 7) is -0.228. The lowest BCUT2D eigenvalue weighted by Gasteiger charge is -1.94. The van der Waals surface area contributed by atoms with Crippen molar-refractivity contribution in [2.45, 2.75) is 6.61 Å². The van der Waals surface area contributed by atoms with E-state index < -0.39 is 5.97 Å². The second-order valence-corrected chi connectivity index (χ2v) is 2.85. The number of para-hydroxylation sites is 1. The lowest BCUT2D eigenvalue weighted by atomic mass is 10.2. The molecule has 14 heavy (non-hydrogen) atoms. The van der Waals surface area contributed by atoms with Gasteiger partial charge in [-0.2, -0.15) is 0 Å². The van der Waals surface area contributed by atoms with Gasteiger partial charge in [0.1, 0.15) is 12.4 Å². The number of nitrogens with one attached hydrogen (secondary N) is 1. The maximum absolute atomic E-state index is 10.8. The summed E-state index contributed by atoms with van der Waals surface area (Å²) < 4.78 is 0.